The van der Waals surface area contributed by atoms with Crippen LogP contribution in [0, 0.1) is 6.92 Å². The number of aldehydes is 1. The maximum absolute atomic E-state index is 12.4. The summed E-state index contributed by atoms with van der Waals surface area (Å²) in [6, 6.07) is 5.96. The highest BCUT2D eigenvalue weighted by Crippen LogP contribution is 2.40. The highest BCUT2D eigenvalue weighted by molar-refractivity contribution is 7.90. The van der Waals surface area contributed by atoms with Crippen molar-refractivity contribution >= 4 is 16.3 Å². The van der Waals surface area contributed by atoms with E-state index < -0.39 is 10.0 Å². The minimum atomic E-state index is -3.19. The summed E-state index contributed by atoms with van der Waals surface area (Å²) in [4.78, 5) is 10.7. The van der Waals surface area contributed by atoms with Gasteiger partial charge >= 0.3 is 0 Å². The molecular formula is C24H36N2O5S. The first-order chi connectivity index (χ1) is 15.5. The lowest BCUT2D eigenvalue weighted by Gasteiger charge is -2.35. The van der Waals surface area contributed by atoms with E-state index in [9.17, 15) is 13.2 Å². The van der Waals surface area contributed by atoms with Crippen molar-refractivity contribution < 1.29 is 22.7 Å². The lowest BCUT2D eigenvalue weighted by atomic mass is 9.80. The van der Waals surface area contributed by atoms with E-state index in [1.54, 1.807) is 0 Å². The zero-order valence-electron chi connectivity index (χ0n) is 18.9. The fourth-order valence-corrected chi connectivity index (χ4v) is 6.79. The average molecular weight is 465 g/mol. The van der Waals surface area contributed by atoms with Gasteiger partial charge in [-0.2, -0.15) is 0 Å². The van der Waals surface area contributed by atoms with Crippen molar-refractivity contribution in [2.75, 3.05) is 19.8 Å². The molecule has 8 heteroatoms. The van der Waals surface area contributed by atoms with E-state index in [4.69, 9.17) is 9.47 Å². The van der Waals surface area contributed by atoms with Crippen molar-refractivity contribution in [1.29, 1.82) is 0 Å². The molecule has 2 N–H and O–H groups in total. The molecule has 2 saturated carbocycles. The van der Waals surface area contributed by atoms with Crippen molar-refractivity contribution in [3.63, 3.8) is 0 Å². The van der Waals surface area contributed by atoms with Gasteiger partial charge < -0.3 is 14.8 Å². The second-order valence-electron chi connectivity index (χ2n) is 9.44. The Balaban J connectivity index is 1.29. The molecule has 3 aliphatic rings. The van der Waals surface area contributed by atoms with Crippen molar-refractivity contribution in [2.45, 2.75) is 87.6 Å². The molecule has 0 bridgehead atoms. The van der Waals surface area contributed by atoms with Gasteiger partial charge in [0, 0.05) is 17.6 Å². The first-order valence-corrected chi connectivity index (χ1v) is 13.5. The Morgan fingerprint density at radius 2 is 1.91 bits per heavy atom. The molecule has 0 spiro atoms. The summed E-state index contributed by atoms with van der Waals surface area (Å²) in [6.45, 7) is 3.61. The number of sulfonamides is 1. The van der Waals surface area contributed by atoms with Crippen molar-refractivity contribution in [1.82, 2.24) is 10.0 Å². The lowest BCUT2D eigenvalue weighted by molar-refractivity contribution is -0.109. The number of aryl methyl sites for hydroxylation is 1. The van der Waals surface area contributed by atoms with Gasteiger partial charge in [-0.1, -0.05) is 12.1 Å². The molecule has 0 unspecified atom stereocenters. The van der Waals surface area contributed by atoms with Gasteiger partial charge in [0.25, 0.3) is 0 Å². The third kappa shape index (κ3) is 5.90. The molecule has 1 heterocycles. The molecule has 4 rings (SSSR count). The van der Waals surface area contributed by atoms with Crippen LogP contribution < -0.4 is 14.8 Å². The summed E-state index contributed by atoms with van der Waals surface area (Å²) in [5, 5.41) is 3.27. The molecule has 3 fully saturated rings. The van der Waals surface area contributed by atoms with Crippen LogP contribution in [0.25, 0.3) is 0 Å². The van der Waals surface area contributed by atoms with E-state index >= 15 is 0 Å². The van der Waals surface area contributed by atoms with Crippen molar-refractivity contribution in [2.24, 2.45) is 0 Å². The second-order valence-corrected chi connectivity index (χ2v) is 11.4. The summed E-state index contributed by atoms with van der Waals surface area (Å²) < 4.78 is 39.7. The summed E-state index contributed by atoms with van der Waals surface area (Å²) in [5.74, 6) is 1.22. The summed E-state index contributed by atoms with van der Waals surface area (Å²) in [6.07, 6.45) is 8.35. The molecule has 1 aromatic rings. The monoisotopic (exact) mass is 464 g/mol. The van der Waals surface area contributed by atoms with Gasteiger partial charge in [-0.3, -0.25) is 4.79 Å². The lowest BCUT2D eigenvalue weighted by Crippen LogP contribution is -2.56. The third-order valence-electron chi connectivity index (χ3n) is 7.05. The van der Waals surface area contributed by atoms with E-state index in [0.717, 1.165) is 69.9 Å². The predicted molar refractivity (Wildman–Crippen MR) is 124 cm³/mol. The molecule has 1 aromatic carbocycles. The highest BCUT2D eigenvalue weighted by atomic mass is 32.2. The van der Waals surface area contributed by atoms with E-state index in [0.29, 0.717) is 12.5 Å². The maximum Gasteiger partial charge on any atom is 0.214 e. The standard InChI is InChI=1S/C24H36N2O5S/c1-17-4-2-6-23(30-15-14-27)24(17)18-7-9-19(10-8-18)31-16-22-21(5-3-13-25-22)26-32(28,29)20-11-12-20/h2,4,6,14,18-22,25-26H,3,5,7-13,15-16H2,1H3/t18?,19?,21-,22-/m0/s1. The van der Waals surface area contributed by atoms with Crippen molar-refractivity contribution in [3.8, 4) is 5.75 Å². The Morgan fingerprint density at radius 1 is 1.12 bits per heavy atom. The largest absolute Gasteiger partial charge is 0.486 e. The zero-order chi connectivity index (χ0) is 22.6. The van der Waals surface area contributed by atoms with Gasteiger partial charge in [0.15, 0.2) is 6.29 Å². The summed E-state index contributed by atoms with van der Waals surface area (Å²) in [7, 11) is -3.19. The molecule has 0 aromatic heterocycles. The number of rotatable bonds is 10. The van der Waals surface area contributed by atoms with Crippen LogP contribution in [0.4, 0.5) is 0 Å². The van der Waals surface area contributed by atoms with Gasteiger partial charge in [-0.25, -0.2) is 13.1 Å². The Labute approximate surface area is 191 Å². The smallest absolute Gasteiger partial charge is 0.214 e. The van der Waals surface area contributed by atoms with E-state index in [2.05, 4.69) is 23.0 Å². The fourth-order valence-electron chi connectivity index (χ4n) is 5.14. The van der Waals surface area contributed by atoms with Crippen LogP contribution in [0.3, 0.4) is 0 Å². The maximum atomic E-state index is 12.4. The SMILES string of the molecule is Cc1cccc(OCC=O)c1C1CCC(OC[C@@H]2NCCC[C@@H]2NS(=O)(=O)C2CC2)CC1. The molecule has 7 nitrogen and oxygen atoms in total. The van der Waals surface area contributed by atoms with E-state index in [1.807, 2.05) is 12.1 Å². The normalized spacial score (nSPS) is 28.9. The second kappa shape index (κ2) is 10.6. The summed E-state index contributed by atoms with van der Waals surface area (Å²) in [5.41, 5.74) is 2.42. The van der Waals surface area contributed by atoms with Gasteiger partial charge in [-0.15, -0.1) is 0 Å². The molecule has 178 valence electrons. The van der Waals surface area contributed by atoms with Crippen LogP contribution in [-0.2, 0) is 19.6 Å². The van der Waals surface area contributed by atoms with Gasteiger partial charge in [0.05, 0.1) is 18.0 Å². The molecule has 0 radical (unpaired) electrons. The van der Waals surface area contributed by atoms with Crippen LogP contribution in [0.1, 0.15) is 68.4 Å². The topological polar surface area (TPSA) is 93.7 Å². The minimum Gasteiger partial charge on any atom is -0.486 e. The zero-order valence-corrected chi connectivity index (χ0v) is 19.7. The Morgan fingerprint density at radius 3 is 2.62 bits per heavy atom. The van der Waals surface area contributed by atoms with E-state index in [-0.39, 0.29) is 30.0 Å². The number of carbonyl (C=O) groups is 1. The molecule has 2 aliphatic carbocycles. The number of piperidine rings is 1. The number of hydrogen-bond acceptors (Lipinski definition) is 6. The van der Waals surface area contributed by atoms with Crippen LogP contribution in [0.2, 0.25) is 0 Å². The minimum absolute atomic E-state index is 0.0229. The van der Waals surface area contributed by atoms with Gasteiger partial charge in [0.2, 0.25) is 10.0 Å². The number of ether oxygens (including phenoxy) is 2. The van der Waals surface area contributed by atoms with Crippen LogP contribution in [0.15, 0.2) is 18.2 Å². The number of benzene rings is 1. The molecule has 32 heavy (non-hydrogen) atoms. The van der Waals surface area contributed by atoms with Crippen LogP contribution in [0.5, 0.6) is 5.75 Å². The van der Waals surface area contributed by atoms with Crippen LogP contribution >= 0.6 is 0 Å². The summed E-state index contributed by atoms with van der Waals surface area (Å²) >= 11 is 0. The van der Waals surface area contributed by atoms with Gasteiger partial charge in [-0.05, 0) is 82.4 Å². The number of carbonyl (C=O) groups excluding carboxylic acids is 1. The molecular weight excluding hydrogens is 428 g/mol. The van der Waals surface area contributed by atoms with Gasteiger partial charge in [0.1, 0.15) is 12.4 Å². The third-order valence-corrected chi connectivity index (χ3v) is 9.03. The predicted octanol–water partition coefficient (Wildman–Crippen LogP) is 2.82. The molecule has 1 saturated heterocycles. The Bertz CT molecular complexity index is 878. The molecule has 2 atom stereocenters. The van der Waals surface area contributed by atoms with Crippen LogP contribution in [-0.4, -0.2) is 57.9 Å². The average Bonchev–Trinajstić information content (AvgIpc) is 3.64. The van der Waals surface area contributed by atoms with E-state index in [1.165, 1.54) is 11.1 Å². The molecule has 0 amide bonds. The Hall–Kier alpha value is -1.48. The Kier molecular flexibility index (Phi) is 7.87. The van der Waals surface area contributed by atoms with Crippen molar-refractivity contribution in [3.05, 3.63) is 29.3 Å². The first kappa shape index (κ1) is 23.7. The highest BCUT2D eigenvalue weighted by Gasteiger charge is 2.39. The number of hydrogen-bond donors (Lipinski definition) is 2. The fraction of sp³-hybridized carbons (Fsp3) is 0.708. The first-order valence-electron chi connectivity index (χ1n) is 12.0. The quantitative estimate of drug-likeness (QED) is 0.517. The molecule has 1 aliphatic heterocycles. The number of nitrogens with one attached hydrogen (secondary N) is 2.